The molecule has 3 rings (SSSR count). The first-order valence-corrected chi connectivity index (χ1v) is 9.00. The van der Waals surface area contributed by atoms with Crippen LogP contribution >= 0.6 is 0 Å². The van der Waals surface area contributed by atoms with E-state index in [1.807, 2.05) is 54.4 Å². The van der Waals surface area contributed by atoms with Gasteiger partial charge in [-0.25, -0.2) is 0 Å². The molecule has 1 fully saturated rings. The van der Waals surface area contributed by atoms with Crippen LogP contribution in [0.25, 0.3) is 0 Å². The van der Waals surface area contributed by atoms with E-state index >= 15 is 0 Å². The van der Waals surface area contributed by atoms with Crippen LogP contribution in [0.3, 0.4) is 0 Å². The van der Waals surface area contributed by atoms with E-state index in [1.54, 1.807) is 4.90 Å². The van der Waals surface area contributed by atoms with Gasteiger partial charge in [0.1, 0.15) is 0 Å². The van der Waals surface area contributed by atoms with E-state index in [4.69, 9.17) is 0 Å². The highest BCUT2D eigenvalue weighted by molar-refractivity contribution is 5.96. The molecule has 136 valence electrons. The molecular weight excluding hydrogens is 326 g/mol. The SMILES string of the molecule is C[C@@H](c1ccccc1)N(C)CC(=O)Nc1ccc(N2CCCC2=O)cc1. The lowest BCUT2D eigenvalue weighted by molar-refractivity contribution is -0.118. The molecule has 0 bridgehead atoms. The molecule has 1 aliphatic rings. The van der Waals surface area contributed by atoms with Gasteiger partial charge in [0.2, 0.25) is 11.8 Å². The van der Waals surface area contributed by atoms with Gasteiger partial charge >= 0.3 is 0 Å². The van der Waals surface area contributed by atoms with Crippen molar-refractivity contribution in [2.75, 3.05) is 30.4 Å². The third-order valence-electron chi connectivity index (χ3n) is 4.87. The second kappa shape index (κ2) is 8.15. The van der Waals surface area contributed by atoms with Crippen molar-refractivity contribution >= 4 is 23.2 Å². The molecule has 2 aromatic carbocycles. The van der Waals surface area contributed by atoms with Crippen LogP contribution < -0.4 is 10.2 Å². The van der Waals surface area contributed by atoms with Gasteiger partial charge in [0.25, 0.3) is 0 Å². The van der Waals surface area contributed by atoms with E-state index in [-0.39, 0.29) is 17.9 Å². The fourth-order valence-corrected chi connectivity index (χ4v) is 3.20. The predicted octanol–water partition coefficient (Wildman–Crippen LogP) is 3.44. The van der Waals surface area contributed by atoms with Crippen LogP contribution in [0.1, 0.15) is 31.4 Å². The highest BCUT2D eigenvalue weighted by Crippen LogP contribution is 2.23. The maximum atomic E-state index is 12.3. The Morgan fingerprint density at radius 2 is 1.85 bits per heavy atom. The van der Waals surface area contributed by atoms with Gasteiger partial charge in [-0.3, -0.25) is 14.5 Å². The lowest BCUT2D eigenvalue weighted by Gasteiger charge is -2.24. The Morgan fingerprint density at radius 3 is 2.46 bits per heavy atom. The fourth-order valence-electron chi connectivity index (χ4n) is 3.20. The van der Waals surface area contributed by atoms with Crippen molar-refractivity contribution < 1.29 is 9.59 Å². The summed E-state index contributed by atoms with van der Waals surface area (Å²) in [6.45, 7) is 3.17. The second-order valence-electron chi connectivity index (χ2n) is 6.75. The standard InChI is InChI=1S/C21H25N3O2/c1-16(17-7-4-3-5-8-17)23(2)15-20(25)22-18-10-12-19(13-11-18)24-14-6-9-21(24)26/h3-5,7-8,10-13,16H,6,9,14-15H2,1-2H3,(H,22,25)/t16-/m0/s1. The van der Waals surface area contributed by atoms with Crippen molar-refractivity contribution in [3.8, 4) is 0 Å². The number of benzene rings is 2. The molecule has 2 aromatic rings. The maximum Gasteiger partial charge on any atom is 0.238 e. The zero-order valence-corrected chi connectivity index (χ0v) is 15.3. The van der Waals surface area contributed by atoms with E-state index < -0.39 is 0 Å². The Kier molecular flexibility index (Phi) is 5.68. The Balaban J connectivity index is 1.55. The molecule has 0 radical (unpaired) electrons. The molecule has 2 amide bonds. The first-order chi connectivity index (χ1) is 12.5. The number of hydrogen-bond donors (Lipinski definition) is 1. The van der Waals surface area contributed by atoms with Gasteiger partial charge in [0.05, 0.1) is 6.54 Å². The highest BCUT2D eigenvalue weighted by atomic mass is 16.2. The summed E-state index contributed by atoms with van der Waals surface area (Å²) < 4.78 is 0. The number of anilines is 2. The van der Waals surface area contributed by atoms with Gasteiger partial charge in [-0.15, -0.1) is 0 Å². The normalized spacial score (nSPS) is 15.3. The number of likely N-dealkylation sites (N-methyl/N-ethyl adjacent to an activating group) is 1. The maximum absolute atomic E-state index is 12.3. The van der Waals surface area contributed by atoms with Crippen molar-refractivity contribution in [3.63, 3.8) is 0 Å². The molecule has 1 heterocycles. The first-order valence-electron chi connectivity index (χ1n) is 9.00. The summed E-state index contributed by atoms with van der Waals surface area (Å²) in [5.41, 5.74) is 2.81. The van der Waals surface area contributed by atoms with E-state index in [2.05, 4.69) is 24.4 Å². The summed E-state index contributed by atoms with van der Waals surface area (Å²) in [5, 5.41) is 2.92. The van der Waals surface area contributed by atoms with E-state index in [0.29, 0.717) is 13.0 Å². The Hall–Kier alpha value is -2.66. The van der Waals surface area contributed by atoms with Crippen LogP contribution in [0.5, 0.6) is 0 Å². The van der Waals surface area contributed by atoms with Crippen molar-refractivity contribution in [1.82, 2.24) is 4.90 Å². The minimum atomic E-state index is -0.0553. The Morgan fingerprint density at radius 1 is 1.15 bits per heavy atom. The average molecular weight is 351 g/mol. The second-order valence-corrected chi connectivity index (χ2v) is 6.75. The Bertz CT molecular complexity index is 759. The third kappa shape index (κ3) is 4.29. The van der Waals surface area contributed by atoms with Crippen LogP contribution in [0.2, 0.25) is 0 Å². The van der Waals surface area contributed by atoms with Crippen molar-refractivity contribution in [2.45, 2.75) is 25.8 Å². The minimum absolute atomic E-state index is 0.0553. The summed E-state index contributed by atoms with van der Waals surface area (Å²) in [6.07, 6.45) is 1.52. The zero-order valence-electron chi connectivity index (χ0n) is 15.3. The van der Waals surface area contributed by atoms with Crippen LogP contribution in [0, 0.1) is 0 Å². The molecule has 0 aliphatic carbocycles. The monoisotopic (exact) mass is 351 g/mol. The molecule has 1 atom stereocenters. The molecule has 1 saturated heterocycles. The minimum Gasteiger partial charge on any atom is -0.325 e. The summed E-state index contributed by atoms with van der Waals surface area (Å²) in [5.74, 6) is 0.110. The zero-order chi connectivity index (χ0) is 18.5. The van der Waals surface area contributed by atoms with E-state index in [9.17, 15) is 9.59 Å². The number of rotatable bonds is 6. The largest absolute Gasteiger partial charge is 0.325 e. The summed E-state index contributed by atoms with van der Waals surface area (Å²) in [7, 11) is 1.94. The average Bonchev–Trinajstić information content (AvgIpc) is 3.08. The number of amides is 2. The molecule has 5 heteroatoms. The molecule has 0 spiro atoms. The number of carbonyl (C=O) groups is 2. The van der Waals surface area contributed by atoms with Crippen LogP contribution in [0.15, 0.2) is 54.6 Å². The number of nitrogens with zero attached hydrogens (tertiary/aromatic N) is 2. The van der Waals surface area contributed by atoms with Crippen molar-refractivity contribution in [2.24, 2.45) is 0 Å². The molecule has 0 aromatic heterocycles. The molecule has 5 nitrogen and oxygen atoms in total. The van der Waals surface area contributed by atoms with Gasteiger partial charge in [-0.2, -0.15) is 0 Å². The smallest absolute Gasteiger partial charge is 0.238 e. The number of carbonyl (C=O) groups excluding carboxylic acids is 2. The van der Waals surface area contributed by atoms with Crippen molar-refractivity contribution in [3.05, 3.63) is 60.2 Å². The summed E-state index contributed by atoms with van der Waals surface area (Å²) >= 11 is 0. The highest BCUT2D eigenvalue weighted by Gasteiger charge is 2.21. The number of hydrogen-bond acceptors (Lipinski definition) is 3. The van der Waals surface area contributed by atoms with Gasteiger partial charge in [-0.1, -0.05) is 30.3 Å². The molecule has 1 N–H and O–H groups in total. The van der Waals surface area contributed by atoms with E-state index in [1.165, 1.54) is 5.56 Å². The fraction of sp³-hybridized carbons (Fsp3) is 0.333. The van der Waals surface area contributed by atoms with Gasteiger partial charge in [0, 0.05) is 30.4 Å². The molecule has 0 saturated carbocycles. The van der Waals surface area contributed by atoms with Gasteiger partial charge in [0.15, 0.2) is 0 Å². The molecular formula is C21H25N3O2. The summed E-state index contributed by atoms with van der Waals surface area (Å²) in [6, 6.07) is 17.8. The molecule has 26 heavy (non-hydrogen) atoms. The van der Waals surface area contributed by atoms with Gasteiger partial charge < -0.3 is 10.2 Å². The predicted molar refractivity (Wildman–Crippen MR) is 104 cm³/mol. The third-order valence-corrected chi connectivity index (χ3v) is 4.87. The molecule has 1 aliphatic heterocycles. The quantitative estimate of drug-likeness (QED) is 0.867. The topological polar surface area (TPSA) is 52.7 Å². The lowest BCUT2D eigenvalue weighted by atomic mass is 10.1. The van der Waals surface area contributed by atoms with Crippen LogP contribution in [-0.2, 0) is 9.59 Å². The van der Waals surface area contributed by atoms with Crippen LogP contribution in [-0.4, -0.2) is 36.9 Å². The van der Waals surface area contributed by atoms with Crippen LogP contribution in [0.4, 0.5) is 11.4 Å². The number of nitrogens with one attached hydrogen (secondary N) is 1. The van der Waals surface area contributed by atoms with Crippen molar-refractivity contribution in [1.29, 1.82) is 0 Å². The lowest BCUT2D eigenvalue weighted by Crippen LogP contribution is -2.32. The first kappa shape index (κ1) is 18.1. The molecule has 0 unspecified atom stereocenters. The Labute approximate surface area is 154 Å². The van der Waals surface area contributed by atoms with Gasteiger partial charge in [-0.05, 0) is 50.2 Å². The van der Waals surface area contributed by atoms with E-state index in [0.717, 1.165) is 24.3 Å². The summed E-state index contributed by atoms with van der Waals surface area (Å²) in [4.78, 5) is 27.9.